The lowest BCUT2D eigenvalue weighted by Crippen LogP contribution is -2.54. The first-order chi connectivity index (χ1) is 21.3. The molecule has 7 aliphatic rings. The lowest BCUT2D eigenvalue weighted by molar-refractivity contribution is -0.140. The van der Waals surface area contributed by atoms with E-state index in [2.05, 4.69) is 30.1 Å². The SMILES string of the molecule is C[C@]12CC[C@@H](O)C[C@@H]1CC[C@@H]1[C@@H]2CC[C@]2(C)[C@@H](OCCNCCC3=CC(O)Oc4c3cc3c5c4CCCN5CCC3)CC[C@@H]12. The van der Waals surface area contributed by atoms with E-state index >= 15 is 0 Å². The number of nitrogens with one attached hydrogen (secondary N) is 1. The van der Waals surface area contributed by atoms with E-state index in [9.17, 15) is 10.2 Å². The third-order valence-electron chi connectivity index (χ3n) is 14.1. The number of fused-ring (bicyclic) bond motifs is 7. The van der Waals surface area contributed by atoms with Crippen LogP contribution >= 0.6 is 0 Å². The lowest BCUT2D eigenvalue weighted by Gasteiger charge is -2.60. The average Bonchev–Trinajstić information content (AvgIpc) is 3.36. The molecule has 0 aromatic heterocycles. The molecule has 0 radical (unpaired) electrons. The van der Waals surface area contributed by atoms with E-state index in [-0.39, 0.29) is 6.10 Å². The van der Waals surface area contributed by atoms with Crippen molar-refractivity contribution in [3.8, 4) is 5.75 Å². The summed E-state index contributed by atoms with van der Waals surface area (Å²) in [6.07, 6.45) is 18.0. The minimum Gasteiger partial charge on any atom is -0.460 e. The van der Waals surface area contributed by atoms with Crippen LogP contribution in [0.25, 0.3) is 5.57 Å². The summed E-state index contributed by atoms with van der Waals surface area (Å²) in [5, 5.41) is 24.6. The van der Waals surface area contributed by atoms with Crippen molar-refractivity contribution >= 4 is 11.3 Å². The molecule has 1 aromatic carbocycles. The number of ether oxygens (including phenoxy) is 2. The van der Waals surface area contributed by atoms with Gasteiger partial charge in [0, 0.05) is 36.4 Å². The predicted molar refractivity (Wildman–Crippen MR) is 175 cm³/mol. The molecule has 0 saturated heterocycles. The fourth-order valence-corrected chi connectivity index (χ4v) is 11.9. The first kappa shape index (κ1) is 29.8. The monoisotopic (exact) mass is 604 g/mol. The number of aryl methyl sites for hydroxylation is 1. The third-order valence-corrected chi connectivity index (χ3v) is 14.1. The number of anilines is 1. The molecule has 1 unspecified atom stereocenters. The highest BCUT2D eigenvalue weighted by atomic mass is 16.6. The van der Waals surface area contributed by atoms with Gasteiger partial charge in [0.2, 0.25) is 6.29 Å². The van der Waals surface area contributed by atoms with Crippen LogP contribution in [0.1, 0.15) is 108 Å². The molecule has 242 valence electrons. The normalized spacial score (nSPS) is 40.6. The first-order valence-electron chi connectivity index (χ1n) is 18.3. The number of hydrogen-bond acceptors (Lipinski definition) is 6. The fourth-order valence-electron chi connectivity index (χ4n) is 11.9. The minimum absolute atomic E-state index is 0.0593. The van der Waals surface area contributed by atoms with Crippen LogP contribution in [0, 0.1) is 34.5 Å². The smallest absolute Gasteiger partial charge is 0.217 e. The number of aliphatic hydroxyl groups excluding tert-OH is 2. The molecule has 4 aliphatic carbocycles. The number of hydrogen-bond donors (Lipinski definition) is 3. The van der Waals surface area contributed by atoms with Gasteiger partial charge in [-0.2, -0.15) is 0 Å². The maximum Gasteiger partial charge on any atom is 0.217 e. The molecule has 4 saturated carbocycles. The highest BCUT2D eigenvalue weighted by molar-refractivity contribution is 5.80. The standard InChI is InChI=1S/C38H56N2O4/c1-37-14-11-27(41)23-26(37)7-8-28-31-9-10-33(38(31,2)15-12-32(28)37)43-20-17-39-16-13-24-22-34(42)44-36-29-6-4-19-40-18-3-5-25(35(29)40)21-30(24)36/h21-22,26-28,31-34,39,41-42H,3-20,23H2,1-2H3/t26-,27+,28-,31-,32-,33-,34?,37-,38-/m0/s1. The number of aliphatic hydroxyl groups is 2. The second-order valence-electron chi connectivity index (χ2n) is 16.2. The molecule has 4 fully saturated rings. The van der Waals surface area contributed by atoms with Gasteiger partial charge in [-0.3, -0.25) is 0 Å². The van der Waals surface area contributed by atoms with Crippen molar-refractivity contribution in [3.05, 3.63) is 28.8 Å². The Bertz CT molecular complexity index is 1280. The highest BCUT2D eigenvalue weighted by Crippen LogP contribution is 2.66. The molecular weight excluding hydrogens is 548 g/mol. The third kappa shape index (κ3) is 4.88. The summed E-state index contributed by atoms with van der Waals surface area (Å²) in [5.74, 6) is 4.17. The second-order valence-corrected chi connectivity index (χ2v) is 16.2. The van der Waals surface area contributed by atoms with Gasteiger partial charge < -0.3 is 29.9 Å². The Balaban J connectivity index is 0.852. The molecule has 44 heavy (non-hydrogen) atoms. The van der Waals surface area contributed by atoms with Crippen molar-refractivity contribution in [2.45, 2.75) is 122 Å². The summed E-state index contributed by atoms with van der Waals surface area (Å²) in [7, 11) is 0. The molecule has 3 heterocycles. The van der Waals surface area contributed by atoms with Gasteiger partial charge in [0.05, 0.1) is 18.8 Å². The molecule has 6 heteroatoms. The Morgan fingerprint density at radius 2 is 1.77 bits per heavy atom. The molecule has 1 aromatic rings. The highest BCUT2D eigenvalue weighted by Gasteiger charge is 2.60. The maximum absolute atomic E-state index is 10.6. The van der Waals surface area contributed by atoms with Gasteiger partial charge in [-0.05, 0) is 154 Å². The van der Waals surface area contributed by atoms with Gasteiger partial charge >= 0.3 is 0 Å². The van der Waals surface area contributed by atoms with Gasteiger partial charge in [-0.1, -0.05) is 13.8 Å². The van der Waals surface area contributed by atoms with Crippen molar-refractivity contribution in [1.29, 1.82) is 0 Å². The van der Waals surface area contributed by atoms with Crippen LogP contribution in [0.5, 0.6) is 5.75 Å². The summed E-state index contributed by atoms with van der Waals surface area (Å²) in [5.41, 5.74) is 7.38. The lowest BCUT2D eigenvalue weighted by atomic mass is 9.45. The molecule has 0 amide bonds. The average molecular weight is 605 g/mol. The maximum atomic E-state index is 10.6. The van der Waals surface area contributed by atoms with Crippen LogP contribution in [0.15, 0.2) is 12.1 Å². The Morgan fingerprint density at radius 3 is 2.66 bits per heavy atom. The van der Waals surface area contributed by atoms with Crippen molar-refractivity contribution < 1.29 is 19.7 Å². The van der Waals surface area contributed by atoms with E-state index in [1.165, 1.54) is 79.3 Å². The Kier molecular flexibility index (Phi) is 7.83. The van der Waals surface area contributed by atoms with Crippen LogP contribution in [0.4, 0.5) is 5.69 Å². The molecule has 3 N–H and O–H groups in total. The zero-order chi connectivity index (χ0) is 30.1. The van der Waals surface area contributed by atoms with E-state index in [4.69, 9.17) is 9.47 Å². The summed E-state index contributed by atoms with van der Waals surface area (Å²) < 4.78 is 12.8. The topological polar surface area (TPSA) is 74.2 Å². The van der Waals surface area contributed by atoms with E-state index in [1.54, 1.807) is 0 Å². The van der Waals surface area contributed by atoms with Crippen molar-refractivity contribution in [3.63, 3.8) is 0 Å². The number of rotatable bonds is 7. The van der Waals surface area contributed by atoms with E-state index < -0.39 is 6.29 Å². The first-order valence-corrected chi connectivity index (χ1v) is 18.3. The van der Waals surface area contributed by atoms with Gasteiger partial charge in [-0.15, -0.1) is 0 Å². The zero-order valence-corrected chi connectivity index (χ0v) is 27.3. The fraction of sp³-hybridized carbons (Fsp3) is 0.789. The number of benzene rings is 1. The van der Waals surface area contributed by atoms with Crippen molar-refractivity contribution in [1.82, 2.24) is 5.32 Å². The van der Waals surface area contributed by atoms with Crippen molar-refractivity contribution in [2.75, 3.05) is 37.7 Å². The van der Waals surface area contributed by atoms with Crippen LogP contribution in [0.2, 0.25) is 0 Å². The van der Waals surface area contributed by atoms with Crippen LogP contribution in [0.3, 0.4) is 0 Å². The second kappa shape index (κ2) is 11.6. The Labute approximate surface area is 265 Å². The van der Waals surface area contributed by atoms with E-state index in [1.807, 2.05) is 6.08 Å². The molecule has 8 rings (SSSR count). The van der Waals surface area contributed by atoms with Crippen molar-refractivity contribution in [2.24, 2.45) is 34.5 Å². The molecule has 9 atom stereocenters. The minimum atomic E-state index is -0.859. The summed E-state index contributed by atoms with van der Waals surface area (Å²) in [4.78, 5) is 2.54. The predicted octanol–water partition coefficient (Wildman–Crippen LogP) is 6.25. The molecule has 0 bridgehead atoms. The van der Waals surface area contributed by atoms with Crippen LogP contribution in [-0.4, -0.2) is 61.5 Å². The van der Waals surface area contributed by atoms with Gasteiger partial charge in [0.1, 0.15) is 5.75 Å². The molecular formula is C38H56N2O4. The van der Waals surface area contributed by atoms with E-state index in [0.717, 1.165) is 101 Å². The summed E-state index contributed by atoms with van der Waals surface area (Å²) in [6.45, 7) is 9.95. The van der Waals surface area contributed by atoms with Crippen LogP contribution in [-0.2, 0) is 17.6 Å². The number of nitrogens with zero attached hydrogens (tertiary/aromatic N) is 1. The summed E-state index contributed by atoms with van der Waals surface area (Å²) in [6, 6.07) is 2.36. The molecule has 0 spiro atoms. The van der Waals surface area contributed by atoms with Crippen LogP contribution < -0.4 is 15.0 Å². The molecule has 3 aliphatic heterocycles. The summed E-state index contributed by atoms with van der Waals surface area (Å²) >= 11 is 0. The largest absolute Gasteiger partial charge is 0.460 e. The van der Waals surface area contributed by atoms with Gasteiger partial charge in [0.25, 0.3) is 0 Å². The van der Waals surface area contributed by atoms with Gasteiger partial charge in [0.15, 0.2) is 0 Å². The molecule has 6 nitrogen and oxygen atoms in total. The Hall–Kier alpha value is -1.60. The van der Waals surface area contributed by atoms with Gasteiger partial charge in [-0.25, -0.2) is 0 Å². The Morgan fingerprint density at radius 1 is 0.955 bits per heavy atom. The quantitative estimate of drug-likeness (QED) is 0.320. The van der Waals surface area contributed by atoms with E-state index in [0.29, 0.717) is 16.9 Å². The zero-order valence-electron chi connectivity index (χ0n) is 27.3.